The van der Waals surface area contributed by atoms with Crippen LogP contribution in [-0.2, 0) is 0 Å². The first-order valence-electron chi connectivity index (χ1n) is 6.78. The van der Waals surface area contributed by atoms with E-state index in [2.05, 4.69) is 35.7 Å². The lowest BCUT2D eigenvalue weighted by Gasteiger charge is -2.07. The number of rotatable bonds is 3. The molecule has 0 aliphatic carbocycles. The van der Waals surface area contributed by atoms with Crippen molar-refractivity contribution in [3.8, 4) is 17.2 Å². The highest BCUT2D eigenvalue weighted by atomic mass is 14.9. The van der Waals surface area contributed by atoms with Crippen LogP contribution in [0.3, 0.4) is 0 Å². The molecule has 0 saturated carbocycles. The van der Waals surface area contributed by atoms with Gasteiger partial charge in [0.15, 0.2) is 0 Å². The van der Waals surface area contributed by atoms with Gasteiger partial charge in [0, 0.05) is 11.4 Å². The van der Waals surface area contributed by atoms with Crippen molar-refractivity contribution in [1.29, 1.82) is 5.26 Å². The summed E-state index contributed by atoms with van der Waals surface area (Å²) in [5.41, 5.74) is 5.06. The lowest BCUT2D eigenvalue weighted by Crippen LogP contribution is -1.89. The van der Waals surface area contributed by atoms with Crippen LogP contribution in [0.4, 0.5) is 11.4 Å². The molecular formula is C19H14N2. The van der Waals surface area contributed by atoms with Crippen molar-refractivity contribution in [2.45, 2.75) is 0 Å². The van der Waals surface area contributed by atoms with Crippen LogP contribution in [0.1, 0.15) is 5.56 Å². The van der Waals surface area contributed by atoms with Gasteiger partial charge in [0.05, 0.1) is 11.6 Å². The molecule has 0 unspecified atom stereocenters. The smallest absolute Gasteiger partial charge is 0.0991 e. The molecule has 3 rings (SSSR count). The van der Waals surface area contributed by atoms with Crippen molar-refractivity contribution >= 4 is 11.4 Å². The minimum atomic E-state index is 0.682. The number of nitrogens with one attached hydrogen (secondary N) is 1. The Hall–Kier alpha value is -3.05. The van der Waals surface area contributed by atoms with Crippen LogP contribution in [-0.4, -0.2) is 0 Å². The molecule has 0 bridgehead atoms. The van der Waals surface area contributed by atoms with Crippen molar-refractivity contribution in [1.82, 2.24) is 0 Å². The second kappa shape index (κ2) is 5.94. The van der Waals surface area contributed by atoms with E-state index in [-0.39, 0.29) is 0 Å². The summed E-state index contributed by atoms with van der Waals surface area (Å²) in [5, 5.41) is 12.2. The van der Waals surface area contributed by atoms with Crippen molar-refractivity contribution in [2.24, 2.45) is 0 Å². The van der Waals surface area contributed by atoms with Crippen LogP contribution in [0.2, 0.25) is 0 Å². The van der Waals surface area contributed by atoms with Gasteiger partial charge >= 0.3 is 0 Å². The molecule has 1 N–H and O–H groups in total. The Morgan fingerprint density at radius 3 is 1.71 bits per heavy atom. The average molecular weight is 270 g/mol. The molecule has 0 fully saturated rings. The zero-order chi connectivity index (χ0) is 14.5. The lowest BCUT2D eigenvalue weighted by molar-refractivity contribution is 1.48. The summed E-state index contributed by atoms with van der Waals surface area (Å²) in [7, 11) is 0. The van der Waals surface area contributed by atoms with Gasteiger partial charge in [0.2, 0.25) is 0 Å². The van der Waals surface area contributed by atoms with Gasteiger partial charge in [-0.25, -0.2) is 0 Å². The van der Waals surface area contributed by atoms with Crippen LogP contribution >= 0.6 is 0 Å². The van der Waals surface area contributed by atoms with Gasteiger partial charge in [-0.05, 0) is 47.5 Å². The highest BCUT2D eigenvalue weighted by Gasteiger charge is 1.99. The van der Waals surface area contributed by atoms with Crippen molar-refractivity contribution in [3.63, 3.8) is 0 Å². The lowest BCUT2D eigenvalue weighted by atomic mass is 10.0. The molecule has 0 spiro atoms. The number of benzene rings is 3. The van der Waals surface area contributed by atoms with E-state index in [9.17, 15) is 0 Å². The molecule has 3 aromatic carbocycles. The topological polar surface area (TPSA) is 35.8 Å². The molecule has 3 aromatic rings. The predicted molar refractivity (Wildman–Crippen MR) is 86.3 cm³/mol. The SMILES string of the molecule is N#Cc1ccc(-c2ccc(Nc3ccccc3)cc2)cc1. The summed E-state index contributed by atoms with van der Waals surface area (Å²) in [6.45, 7) is 0. The number of nitrogens with zero attached hydrogens (tertiary/aromatic N) is 1. The molecule has 0 aliphatic rings. The van der Waals surface area contributed by atoms with Gasteiger partial charge < -0.3 is 5.32 Å². The summed E-state index contributed by atoms with van der Waals surface area (Å²) >= 11 is 0. The zero-order valence-electron chi connectivity index (χ0n) is 11.5. The fraction of sp³-hybridized carbons (Fsp3) is 0. The summed E-state index contributed by atoms with van der Waals surface area (Å²) < 4.78 is 0. The third-order valence-corrected chi connectivity index (χ3v) is 3.29. The Bertz CT molecular complexity index is 751. The maximum absolute atomic E-state index is 8.82. The largest absolute Gasteiger partial charge is 0.356 e. The normalized spacial score (nSPS) is 9.86. The van der Waals surface area contributed by atoms with Gasteiger partial charge in [-0.2, -0.15) is 5.26 Å². The molecule has 0 heterocycles. The van der Waals surface area contributed by atoms with Crippen LogP contribution in [0.15, 0.2) is 78.9 Å². The predicted octanol–water partition coefficient (Wildman–Crippen LogP) is 4.97. The first-order chi connectivity index (χ1) is 10.3. The van der Waals surface area contributed by atoms with E-state index >= 15 is 0 Å². The first-order valence-corrected chi connectivity index (χ1v) is 6.78. The van der Waals surface area contributed by atoms with Crippen molar-refractivity contribution in [3.05, 3.63) is 84.4 Å². The quantitative estimate of drug-likeness (QED) is 0.729. The Morgan fingerprint density at radius 2 is 1.14 bits per heavy atom. The molecule has 2 nitrogen and oxygen atoms in total. The fourth-order valence-electron chi connectivity index (χ4n) is 2.17. The number of para-hydroxylation sites is 1. The van der Waals surface area contributed by atoms with E-state index in [0.717, 1.165) is 22.5 Å². The second-order valence-electron chi connectivity index (χ2n) is 4.76. The van der Waals surface area contributed by atoms with Gasteiger partial charge in [0.25, 0.3) is 0 Å². The Balaban J connectivity index is 1.79. The van der Waals surface area contributed by atoms with Crippen LogP contribution in [0.25, 0.3) is 11.1 Å². The van der Waals surface area contributed by atoms with Crippen molar-refractivity contribution in [2.75, 3.05) is 5.32 Å². The van der Waals surface area contributed by atoms with Gasteiger partial charge in [-0.3, -0.25) is 0 Å². The molecule has 2 heteroatoms. The maximum atomic E-state index is 8.82. The minimum absolute atomic E-state index is 0.682. The summed E-state index contributed by atoms with van der Waals surface area (Å²) in [4.78, 5) is 0. The zero-order valence-corrected chi connectivity index (χ0v) is 11.5. The van der Waals surface area contributed by atoms with E-state index < -0.39 is 0 Å². The van der Waals surface area contributed by atoms with E-state index in [0.29, 0.717) is 5.56 Å². The molecule has 0 radical (unpaired) electrons. The van der Waals surface area contributed by atoms with E-state index in [4.69, 9.17) is 5.26 Å². The number of hydrogen-bond donors (Lipinski definition) is 1. The Morgan fingerprint density at radius 1 is 0.619 bits per heavy atom. The van der Waals surface area contributed by atoms with Gasteiger partial charge in [-0.15, -0.1) is 0 Å². The van der Waals surface area contributed by atoms with E-state index in [1.54, 1.807) is 0 Å². The third kappa shape index (κ3) is 3.10. The molecule has 0 amide bonds. The molecule has 0 aromatic heterocycles. The Labute approximate surface area is 124 Å². The fourth-order valence-corrected chi connectivity index (χ4v) is 2.17. The summed E-state index contributed by atoms with van der Waals surface area (Å²) in [6, 6.07) is 28.1. The van der Waals surface area contributed by atoms with E-state index in [1.165, 1.54) is 0 Å². The minimum Gasteiger partial charge on any atom is -0.356 e. The monoisotopic (exact) mass is 270 g/mol. The summed E-state index contributed by atoms with van der Waals surface area (Å²) in [5.74, 6) is 0. The van der Waals surface area contributed by atoms with Crippen LogP contribution in [0, 0.1) is 11.3 Å². The van der Waals surface area contributed by atoms with Crippen molar-refractivity contribution < 1.29 is 0 Å². The van der Waals surface area contributed by atoms with Crippen LogP contribution in [0.5, 0.6) is 0 Å². The summed E-state index contributed by atoms with van der Waals surface area (Å²) in [6.07, 6.45) is 0. The molecular weight excluding hydrogens is 256 g/mol. The highest BCUT2D eigenvalue weighted by Crippen LogP contribution is 2.23. The molecule has 100 valence electrons. The third-order valence-electron chi connectivity index (χ3n) is 3.29. The average Bonchev–Trinajstić information content (AvgIpc) is 2.57. The number of nitriles is 1. The van der Waals surface area contributed by atoms with Crippen LogP contribution < -0.4 is 5.32 Å². The number of hydrogen-bond acceptors (Lipinski definition) is 2. The first kappa shape index (κ1) is 13.0. The van der Waals surface area contributed by atoms with Gasteiger partial charge in [-0.1, -0.05) is 42.5 Å². The van der Waals surface area contributed by atoms with E-state index in [1.807, 2.05) is 54.6 Å². The standard InChI is InChI=1S/C19H14N2/c20-14-15-6-8-16(9-7-15)17-10-12-19(13-11-17)21-18-4-2-1-3-5-18/h1-13,21H. The molecule has 0 saturated heterocycles. The molecule has 0 aliphatic heterocycles. The molecule has 21 heavy (non-hydrogen) atoms. The van der Waals surface area contributed by atoms with Gasteiger partial charge in [0.1, 0.15) is 0 Å². The molecule has 0 atom stereocenters. The maximum Gasteiger partial charge on any atom is 0.0991 e. The Kier molecular flexibility index (Phi) is 3.66. The second-order valence-corrected chi connectivity index (χ2v) is 4.76. The highest BCUT2D eigenvalue weighted by molar-refractivity contribution is 5.68. The number of anilines is 2.